The number of rotatable bonds is 6. The van der Waals surface area contributed by atoms with Gasteiger partial charge in [0.25, 0.3) is 0 Å². The van der Waals surface area contributed by atoms with Gasteiger partial charge in [-0.3, -0.25) is 0 Å². The fraction of sp³-hybridized carbons (Fsp3) is 0.250. The Bertz CT molecular complexity index is 985. The van der Waals surface area contributed by atoms with E-state index in [2.05, 4.69) is 0 Å². The van der Waals surface area contributed by atoms with Gasteiger partial charge in [0.05, 0.1) is 11.7 Å². The maximum absolute atomic E-state index is 13.7. The number of hydrogen-bond acceptors (Lipinski definition) is 2. The van der Waals surface area contributed by atoms with E-state index >= 15 is 0 Å². The number of aliphatic hydroxyl groups excluding tert-OH is 1. The average molecular weight is 418 g/mol. The van der Waals surface area contributed by atoms with Crippen LogP contribution in [-0.2, 0) is 6.42 Å². The fourth-order valence-corrected chi connectivity index (χ4v) is 3.84. The van der Waals surface area contributed by atoms with Crippen LogP contribution in [0.25, 0.3) is 6.08 Å². The molecule has 2 aromatic rings. The smallest absolute Gasteiger partial charge is 0.126 e. The molecule has 3 rings (SSSR count). The van der Waals surface area contributed by atoms with Crippen molar-refractivity contribution in [1.82, 2.24) is 0 Å². The highest BCUT2D eigenvalue weighted by Crippen LogP contribution is 2.40. The quantitative estimate of drug-likeness (QED) is 0.563. The monoisotopic (exact) mass is 418 g/mol. The molecule has 0 amide bonds. The highest BCUT2D eigenvalue weighted by molar-refractivity contribution is 5.59. The Morgan fingerprint density at radius 1 is 0.967 bits per heavy atom. The third-order valence-corrected chi connectivity index (χ3v) is 5.14. The predicted molar refractivity (Wildman–Crippen MR) is 108 cm³/mol. The first-order valence-electron chi connectivity index (χ1n) is 9.64. The lowest BCUT2D eigenvalue weighted by Gasteiger charge is -2.38. The summed E-state index contributed by atoms with van der Waals surface area (Å²) in [6.07, 6.45) is 6.79. The largest absolute Gasteiger partial charge is 0.512 e. The van der Waals surface area contributed by atoms with Gasteiger partial charge in [0, 0.05) is 12.1 Å². The van der Waals surface area contributed by atoms with Crippen molar-refractivity contribution in [1.29, 1.82) is 0 Å². The molecule has 0 saturated carbocycles. The highest BCUT2D eigenvalue weighted by Gasteiger charge is 2.41. The summed E-state index contributed by atoms with van der Waals surface area (Å²) in [5.74, 6) is -3.90. The topological polar surface area (TPSA) is 40.5 Å². The number of halogens is 4. The van der Waals surface area contributed by atoms with E-state index in [1.165, 1.54) is 24.3 Å². The SMILES string of the molecule is CCCC1C(O)=CC=CC1(O)C(=Cc1cc(F)cc(F)c1)Cc1cc(F)cc(F)c1. The summed E-state index contributed by atoms with van der Waals surface area (Å²) >= 11 is 0. The van der Waals surface area contributed by atoms with E-state index in [-0.39, 0.29) is 28.9 Å². The van der Waals surface area contributed by atoms with E-state index < -0.39 is 34.8 Å². The van der Waals surface area contributed by atoms with Crippen molar-refractivity contribution in [3.8, 4) is 0 Å². The summed E-state index contributed by atoms with van der Waals surface area (Å²) in [6, 6.07) is 5.90. The van der Waals surface area contributed by atoms with Gasteiger partial charge in [-0.05, 0) is 66.0 Å². The average Bonchev–Trinajstić information content (AvgIpc) is 2.63. The molecule has 1 aliphatic rings. The molecule has 158 valence electrons. The summed E-state index contributed by atoms with van der Waals surface area (Å²) < 4.78 is 54.9. The number of allylic oxidation sites excluding steroid dienone is 2. The Hall–Kier alpha value is -2.86. The molecule has 0 saturated heterocycles. The first kappa shape index (κ1) is 21.8. The van der Waals surface area contributed by atoms with Gasteiger partial charge < -0.3 is 10.2 Å². The van der Waals surface area contributed by atoms with Crippen molar-refractivity contribution < 1.29 is 27.8 Å². The van der Waals surface area contributed by atoms with Gasteiger partial charge in [-0.25, -0.2) is 17.6 Å². The van der Waals surface area contributed by atoms with Crippen molar-refractivity contribution >= 4 is 6.08 Å². The summed E-state index contributed by atoms with van der Waals surface area (Å²) in [5, 5.41) is 21.9. The molecule has 0 heterocycles. The molecule has 0 fully saturated rings. The second-order valence-corrected chi connectivity index (χ2v) is 7.44. The third kappa shape index (κ3) is 4.82. The second-order valence-electron chi connectivity index (χ2n) is 7.44. The summed E-state index contributed by atoms with van der Waals surface area (Å²) in [4.78, 5) is 0. The Balaban J connectivity index is 2.14. The predicted octanol–water partition coefficient (Wildman–Crippen LogP) is 6.03. The summed E-state index contributed by atoms with van der Waals surface area (Å²) in [7, 11) is 0. The van der Waals surface area contributed by atoms with Gasteiger partial charge in [0.1, 0.15) is 28.9 Å². The molecule has 0 bridgehead atoms. The lowest BCUT2D eigenvalue weighted by molar-refractivity contribution is 0.0513. The first-order valence-corrected chi connectivity index (χ1v) is 9.64. The van der Waals surface area contributed by atoms with E-state index in [4.69, 9.17) is 0 Å². The summed E-state index contributed by atoms with van der Waals surface area (Å²) in [6.45, 7) is 1.89. The minimum absolute atomic E-state index is 0.0383. The normalized spacial score (nSPS) is 21.6. The van der Waals surface area contributed by atoms with E-state index in [0.29, 0.717) is 12.8 Å². The van der Waals surface area contributed by atoms with Crippen molar-refractivity contribution in [2.45, 2.75) is 31.8 Å². The van der Waals surface area contributed by atoms with Gasteiger partial charge in [-0.15, -0.1) is 0 Å². The van der Waals surface area contributed by atoms with Crippen LogP contribution in [0.1, 0.15) is 30.9 Å². The van der Waals surface area contributed by atoms with Crippen molar-refractivity contribution in [3.05, 3.63) is 100 Å². The Labute approximate surface area is 172 Å². The molecule has 2 N–H and O–H groups in total. The van der Waals surface area contributed by atoms with Crippen molar-refractivity contribution in [3.63, 3.8) is 0 Å². The molecule has 2 unspecified atom stereocenters. The molecular weight excluding hydrogens is 396 g/mol. The third-order valence-electron chi connectivity index (χ3n) is 5.14. The molecule has 0 spiro atoms. The molecule has 6 heteroatoms. The Morgan fingerprint density at radius 2 is 1.53 bits per heavy atom. The lowest BCUT2D eigenvalue weighted by Crippen LogP contribution is -2.41. The molecule has 30 heavy (non-hydrogen) atoms. The van der Waals surface area contributed by atoms with Crippen molar-refractivity contribution in [2.75, 3.05) is 0 Å². The first-order chi connectivity index (χ1) is 14.2. The van der Waals surface area contributed by atoms with Crippen LogP contribution < -0.4 is 0 Å². The van der Waals surface area contributed by atoms with Gasteiger partial charge in [0.2, 0.25) is 0 Å². The van der Waals surface area contributed by atoms with Gasteiger partial charge in [-0.1, -0.05) is 25.5 Å². The second kappa shape index (κ2) is 8.88. The van der Waals surface area contributed by atoms with Crippen LogP contribution in [0.3, 0.4) is 0 Å². The van der Waals surface area contributed by atoms with E-state index in [1.54, 1.807) is 0 Å². The molecule has 0 aromatic heterocycles. The molecule has 2 nitrogen and oxygen atoms in total. The zero-order chi connectivity index (χ0) is 21.9. The molecule has 2 aromatic carbocycles. The minimum atomic E-state index is -1.71. The molecule has 2 atom stereocenters. The van der Waals surface area contributed by atoms with Crippen LogP contribution in [-0.4, -0.2) is 15.8 Å². The summed E-state index contributed by atoms with van der Waals surface area (Å²) in [5.41, 5.74) is -1.08. The van der Waals surface area contributed by atoms with Crippen LogP contribution in [0.2, 0.25) is 0 Å². The van der Waals surface area contributed by atoms with Crippen LogP contribution in [0.4, 0.5) is 17.6 Å². The van der Waals surface area contributed by atoms with Gasteiger partial charge in [0.15, 0.2) is 0 Å². The maximum Gasteiger partial charge on any atom is 0.126 e. The highest BCUT2D eigenvalue weighted by atomic mass is 19.1. The fourth-order valence-electron chi connectivity index (χ4n) is 3.84. The molecular formula is C24H22F4O2. The zero-order valence-corrected chi connectivity index (χ0v) is 16.4. The van der Waals surface area contributed by atoms with Crippen LogP contribution in [0.5, 0.6) is 0 Å². The molecule has 0 aliphatic heterocycles. The van der Waals surface area contributed by atoms with Crippen LogP contribution in [0, 0.1) is 29.2 Å². The Kier molecular flexibility index (Phi) is 6.46. The zero-order valence-electron chi connectivity index (χ0n) is 16.4. The van der Waals surface area contributed by atoms with Crippen LogP contribution in [0.15, 0.2) is 66.0 Å². The maximum atomic E-state index is 13.7. The van der Waals surface area contributed by atoms with Crippen molar-refractivity contribution in [2.24, 2.45) is 5.92 Å². The number of hydrogen-bond donors (Lipinski definition) is 2. The lowest BCUT2D eigenvalue weighted by atomic mass is 9.72. The van der Waals surface area contributed by atoms with Gasteiger partial charge in [-0.2, -0.15) is 0 Å². The number of aliphatic hydroxyl groups is 2. The molecule has 1 aliphatic carbocycles. The number of benzene rings is 2. The van der Waals surface area contributed by atoms with Gasteiger partial charge >= 0.3 is 0 Å². The van der Waals surface area contributed by atoms with E-state index in [0.717, 1.165) is 36.4 Å². The van der Waals surface area contributed by atoms with E-state index in [9.17, 15) is 27.8 Å². The van der Waals surface area contributed by atoms with E-state index in [1.807, 2.05) is 6.92 Å². The molecule has 0 radical (unpaired) electrons. The minimum Gasteiger partial charge on any atom is -0.512 e. The van der Waals surface area contributed by atoms with Crippen LogP contribution >= 0.6 is 0 Å². The Morgan fingerprint density at radius 3 is 2.10 bits per heavy atom. The standard InChI is InChI=1S/C24H22F4O2/c1-2-4-22-23(29)5-3-6-24(22,30)17(7-15-9-18(25)13-19(26)10-15)8-16-11-20(27)14-21(28)12-16/h3,5-7,9-14,22,29-30H,2,4,8H2,1H3.